The van der Waals surface area contributed by atoms with Crippen molar-refractivity contribution in [1.29, 1.82) is 0 Å². The van der Waals surface area contributed by atoms with Gasteiger partial charge in [-0.25, -0.2) is 4.98 Å². The van der Waals surface area contributed by atoms with Crippen molar-refractivity contribution >= 4 is 33.0 Å². The lowest BCUT2D eigenvalue weighted by atomic mass is 10.0. The van der Waals surface area contributed by atoms with E-state index in [1.54, 1.807) is 22.3 Å². The van der Waals surface area contributed by atoms with E-state index in [4.69, 9.17) is 0 Å². The summed E-state index contributed by atoms with van der Waals surface area (Å²) in [4.78, 5) is 24.4. The van der Waals surface area contributed by atoms with E-state index in [9.17, 15) is 4.79 Å². The molecule has 1 aromatic heterocycles. The van der Waals surface area contributed by atoms with Crippen LogP contribution in [-0.2, 0) is 4.79 Å². The molecule has 0 saturated carbocycles. The summed E-state index contributed by atoms with van der Waals surface area (Å²) in [6, 6.07) is 6.23. The Morgan fingerprint density at radius 2 is 1.90 bits per heavy atom. The fourth-order valence-corrected chi connectivity index (χ4v) is 5.03. The number of benzene rings is 1. The van der Waals surface area contributed by atoms with E-state index in [0.29, 0.717) is 0 Å². The summed E-state index contributed by atoms with van der Waals surface area (Å²) < 4.78 is 1.17. The summed E-state index contributed by atoms with van der Waals surface area (Å²) in [6.07, 6.45) is 15.0. The monoisotopic (exact) mass is 430 g/mol. The quantitative estimate of drug-likeness (QED) is 0.711. The molecule has 1 aromatic carbocycles. The van der Waals surface area contributed by atoms with Gasteiger partial charge in [0.2, 0.25) is 0 Å². The number of hydrogen-bond donors (Lipinski definition) is 0. The third kappa shape index (κ3) is 4.13. The lowest BCUT2D eigenvalue weighted by Gasteiger charge is -2.30. The van der Waals surface area contributed by atoms with Gasteiger partial charge in [0.15, 0.2) is 0 Å². The normalized spacial score (nSPS) is 24.5. The number of amides is 1. The van der Waals surface area contributed by atoms with E-state index in [1.165, 1.54) is 4.70 Å². The van der Waals surface area contributed by atoms with Gasteiger partial charge in [-0.3, -0.25) is 9.69 Å². The number of carbonyl (C=O) groups excluding carboxylic acids is 1. The van der Waals surface area contributed by atoms with E-state index in [1.807, 2.05) is 37.4 Å². The number of aryl methyl sites for hydroxylation is 1. The molecular formula is C25H26N4OS. The van der Waals surface area contributed by atoms with Crippen molar-refractivity contribution in [2.45, 2.75) is 13.3 Å². The molecular weight excluding hydrogens is 404 g/mol. The summed E-state index contributed by atoms with van der Waals surface area (Å²) in [5, 5.41) is 1.05. The third-order valence-corrected chi connectivity index (χ3v) is 6.89. The van der Waals surface area contributed by atoms with Gasteiger partial charge >= 0.3 is 0 Å². The highest BCUT2D eigenvalue weighted by Crippen LogP contribution is 2.28. The molecule has 3 aliphatic rings. The molecule has 0 spiro atoms. The smallest absolute Gasteiger partial charge is 0.255 e. The highest BCUT2D eigenvalue weighted by molar-refractivity contribution is 7.18. The Labute approximate surface area is 187 Å². The minimum Gasteiger partial charge on any atom is -0.369 e. The van der Waals surface area contributed by atoms with Crippen LogP contribution in [0.5, 0.6) is 0 Å². The van der Waals surface area contributed by atoms with Gasteiger partial charge in [-0.1, -0.05) is 18.2 Å². The first kappa shape index (κ1) is 20.0. The van der Waals surface area contributed by atoms with Crippen molar-refractivity contribution in [2.75, 3.05) is 33.2 Å². The molecule has 0 N–H and O–H groups in total. The first-order chi connectivity index (χ1) is 15.1. The van der Waals surface area contributed by atoms with Crippen LogP contribution in [0.3, 0.4) is 0 Å². The van der Waals surface area contributed by atoms with Crippen LogP contribution in [0.1, 0.15) is 17.0 Å². The number of allylic oxidation sites excluding steroid dienone is 6. The minimum atomic E-state index is -0.0334. The zero-order chi connectivity index (χ0) is 21.4. The molecule has 6 heteroatoms. The second-order valence-corrected chi connectivity index (χ2v) is 9.44. The molecule has 0 aliphatic carbocycles. The maximum Gasteiger partial charge on any atom is 0.255 e. The van der Waals surface area contributed by atoms with Crippen LogP contribution in [0.15, 0.2) is 72.2 Å². The van der Waals surface area contributed by atoms with E-state index in [2.05, 4.69) is 46.1 Å². The first-order valence-electron chi connectivity index (χ1n) is 10.7. The Hall–Kier alpha value is -2.96. The van der Waals surface area contributed by atoms with Crippen molar-refractivity contribution in [3.8, 4) is 0 Å². The van der Waals surface area contributed by atoms with Crippen molar-refractivity contribution < 1.29 is 4.79 Å². The van der Waals surface area contributed by atoms with Crippen molar-refractivity contribution in [2.24, 2.45) is 0 Å². The van der Waals surface area contributed by atoms with Crippen molar-refractivity contribution in [3.63, 3.8) is 0 Å². The molecule has 158 valence electrons. The molecule has 1 saturated heterocycles. The Kier molecular flexibility index (Phi) is 5.34. The van der Waals surface area contributed by atoms with Crippen LogP contribution >= 0.6 is 11.3 Å². The Bertz CT molecular complexity index is 1180. The highest BCUT2D eigenvalue weighted by Gasteiger charge is 2.22. The lowest BCUT2D eigenvalue weighted by Crippen LogP contribution is -2.32. The van der Waals surface area contributed by atoms with Gasteiger partial charge in [0.1, 0.15) is 0 Å². The summed E-state index contributed by atoms with van der Waals surface area (Å²) >= 11 is 1.69. The number of thiazole rings is 1. The van der Waals surface area contributed by atoms with Crippen LogP contribution in [0.25, 0.3) is 15.8 Å². The second-order valence-electron chi connectivity index (χ2n) is 8.21. The van der Waals surface area contributed by atoms with Crippen molar-refractivity contribution in [3.05, 3.63) is 82.8 Å². The summed E-state index contributed by atoms with van der Waals surface area (Å²) in [7, 11) is 2.17. The molecule has 1 fully saturated rings. The second kappa shape index (κ2) is 8.29. The number of likely N-dealkylation sites (N-methyl/N-ethyl adjacent to an activating group) is 1. The predicted molar refractivity (Wildman–Crippen MR) is 127 cm³/mol. The Balaban J connectivity index is 1.45. The standard InChI is InChI=1S/C25H26N4OS/c1-18-26-23-15-20(7-10-24(23)31-18)19-5-3-6-21-8-9-22(17-29(21)25(30)16-19)28-12-4-11-27(2)13-14-28/h3,5-10,15-17H,4,11-14H2,1-2H3/b5-3+,19-16+,21-6+. The predicted octanol–water partition coefficient (Wildman–Crippen LogP) is 4.32. The number of aromatic nitrogens is 1. The summed E-state index contributed by atoms with van der Waals surface area (Å²) in [5.41, 5.74) is 4.87. The van der Waals surface area contributed by atoms with Crippen LogP contribution in [0.2, 0.25) is 0 Å². The fourth-order valence-electron chi connectivity index (χ4n) is 4.22. The molecule has 3 aliphatic heterocycles. The lowest BCUT2D eigenvalue weighted by molar-refractivity contribution is -0.122. The molecule has 2 aromatic rings. The average Bonchev–Trinajstić information content (AvgIpc) is 2.99. The molecule has 31 heavy (non-hydrogen) atoms. The molecule has 0 atom stereocenters. The van der Waals surface area contributed by atoms with Gasteiger partial charge in [-0.15, -0.1) is 11.3 Å². The molecule has 0 radical (unpaired) electrons. The molecule has 4 heterocycles. The van der Waals surface area contributed by atoms with Gasteiger partial charge < -0.3 is 9.80 Å². The number of nitrogens with zero attached hydrogens (tertiary/aromatic N) is 4. The van der Waals surface area contributed by atoms with Crippen molar-refractivity contribution in [1.82, 2.24) is 19.7 Å². The molecule has 0 bridgehead atoms. The first-order valence-corrected chi connectivity index (χ1v) is 11.5. The third-order valence-electron chi connectivity index (χ3n) is 5.94. The zero-order valence-electron chi connectivity index (χ0n) is 17.9. The fraction of sp³-hybridized carbons (Fsp3) is 0.280. The Morgan fingerprint density at radius 3 is 2.81 bits per heavy atom. The van der Waals surface area contributed by atoms with Crippen LogP contribution in [0.4, 0.5) is 0 Å². The number of hydrogen-bond acceptors (Lipinski definition) is 5. The largest absolute Gasteiger partial charge is 0.369 e. The van der Waals surface area contributed by atoms with E-state index < -0.39 is 0 Å². The van der Waals surface area contributed by atoms with Crippen LogP contribution < -0.4 is 0 Å². The van der Waals surface area contributed by atoms with Crippen LogP contribution in [0, 0.1) is 6.92 Å². The molecule has 1 amide bonds. The number of rotatable bonds is 2. The maximum absolute atomic E-state index is 13.3. The molecule has 0 unspecified atom stereocenters. The van der Waals surface area contributed by atoms with E-state index >= 15 is 0 Å². The number of fused-ring (bicyclic) bond motifs is 2. The maximum atomic E-state index is 13.3. The summed E-state index contributed by atoms with van der Waals surface area (Å²) in [6.45, 7) is 6.15. The minimum absolute atomic E-state index is 0.0334. The number of carbonyl (C=O) groups is 1. The highest BCUT2D eigenvalue weighted by atomic mass is 32.1. The van der Waals surface area contributed by atoms with E-state index in [-0.39, 0.29) is 5.91 Å². The topological polar surface area (TPSA) is 39.7 Å². The van der Waals surface area contributed by atoms with Crippen LogP contribution in [-0.4, -0.2) is 58.8 Å². The SMILES string of the molecule is Cc1nc2cc(C3=C\C(=O)N4C=C(N5CCCN(C)CC5)C=C\C4=C/C=C/3)ccc2s1. The molecule has 5 nitrogen and oxygen atoms in total. The van der Waals surface area contributed by atoms with Gasteiger partial charge in [0.25, 0.3) is 5.91 Å². The average molecular weight is 431 g/mol. The molecule has 5 rings (SSSR count). The van der Waals surface area contributed by atoms with Gasteiger partial charge in [-0.05, 0) is 68.4 Å². The zero-order valence-corrected chi connectivity index (χ0v) is 18.7. The van der Waals surface area contributed by atoms with Gasteiger partial charge in [0, 0.05) is 37.6 Å². The summed E-state index contributed by atoms with van der Waals surface area (Å²) in [5.74, 6) is -0.0334. The van der Waals surface area contributed by atoms with E-state index in [0.717, 1.165) is 65.7 Å². The Morgan fingerprint density at radius 1 is 1.03 bits per heavy atom. The van der Waals surface area contributed by atoms with Gasteiger partial charge in [0.05, 0.1) is 20.9 Å². The van der Waals surface area contributed by atoms with Gasteiger partial charge in [-0.2, -0.15) is 0 Å².